The molecule has 2 fully saturated rings. The van der Waals surface area contributed by atoms with E-state index in [9.17, 15) is 24.6 Å². The number of carbonyl (C=O) groups is 3. The molecule has 262 valence electrons. The van der Waals surface area contributed by atoms with Crippen LogP contribution in [0, 0.1) is 0 Å². The quantitative estimate of drug-likeness (QED) is 0.321. The second-order valence-electron chi connectivity index (χ2n) is 13.5. The van der Waals surface area contributed by atoms with Crippen LogP contribution in [0.4, 0.5) is 4.79 Å². The minimum atomic E-state index is -2.12. The molecule has 2 unspecified atom stereocenters. The molecule has 13 heteroatoms. The molecule has 4 atom stereocenters. The largest absolute Gasteiger partial charge is 0.493 e. The molecule has 5 rings (SSSR count). The van der Waals surface area contributed by atoms with E-state index in [0.717, 1.165) is 24.2 Å². The highest BCUT2D eigenvalue weighted by molar-refractivity contribution is 6.00. The maximum Gasteiger partial charge on any atom is 0.412 e. The Morgan fingerprint density at radius 3 is 2.46 bits per heavy atom. The Hall–Kier alpha value is -3.91. The van der Waals surface area contributed by atoms with Crippen molar-refractivity contribution in [3.8, 4) is 11.5 Å². The highest BCUT2D eigenvalue weighted by atomic mass is 16.7. The molecule has 13 nitrogen and oxygen atoms in total. The third-order valence-electron chi connectivity index (χ3n) is 8.86. The number of fused-ring (bicyclic) bond motifs is 3. The average molecular weight is 670 g/mol. The summed E-state index contributed by atoms with van der Waals surface area (Å²) >= 11 is 0. The molecule has 3 aliphatic rings. The second kappa shape index (κ2) is 14.7. The SMILES string of the molecule is CCOc1cc(C(=O)N2C3CCCC2COC3)ccc1C(=O)NC[C@@H](O)[C@@]1(O)Cc2ccc(OCOC)cc2CN1C(=O)OC(C)(C)C. The molecule has 0 saturated carbocycles. The predicted octanol–water partition coefficient (Wildman–Crippen LogP) is 3.23. The van der Waals surface area contributed by atoms with Crippen molar-refractivity contribution in [2.45, 2.75) is 89.4 Å². The Kier molecular flexibility index (Phi) is 10.8. The normalized spacial score (nSPS) is 22.7. The summed E-state index contributed by atoms with van der Waals surface area (Å²) in [6, 6.07) is 9.95. The number of methoxy groups -OCH3 is 1. The fraction of sp³-hybridized carbons (Fsp3) is 0.571. The number of piperidine rings is 1. The molecule has 0 radical (unpaired) electrons. The third kappa shape index (κ3) is 7.70. The number of benzene rings is 2. The number of amides is 3. The number of ether oxygens (including phenoxy) is 5. The zero-order valence-electron chi connectivity index (χ0n) is 28.3. The molecule has 2 bridgehead atoms. The maximum absolute atomic E-state index is 13.6. The van der Waals surface area contributed by atoms with Crippen molar-refractivity contribution in [3.63, 3.8) is 0 Å². The molecule has 0 aromatic heterocycles. The van der Waals surface area contributed by atoms with Crippen LogP contribution in [-0.4, -0.2) is 108 Å². The number of nitrogens with one attached hydrogen (secondary N) is 1. The molecular weight excluding hydrogens is 622 g/mol. The van der Waals surface area contributed by atoms with Gasteiger partial charge in [0.2, 0.25) is 0 Å². The zero-order chi connectivity index (χ0) is 34.6. The van der Waals surface area contributed by atoms with Crippen LogP contribution >= 0.6 is 0 Å². The maximum atomic E-state index is 13.6. The monoisotopic (exact) mass is 669 g/mol. The Morgan fingerprint density at radius 2 is 1.79 bits per heavy atom. The van der Waals surface area contributed by atoms with Crippen LogP contribution in [0.1, 0.15) is 78.8 Å². The van der Waals surface area contributed by atoms with Crippen molar-refractivity contribution < 1.29 is 48.3 Å². The molecule has 3 heterocycles. The Balaban J connectivity index is 1.33. The average Bonchev–Trinajstić information content (AvgIpc) is 3.04. The minimum Gasteiger partial charge on any atom is -0.493 e. The van der Waals surface area contributed by atoms with Gasteiger partial charge in [-0.15, -0.1) is 0 Å². The van der Waals surface area contributed by atoms with Crippen LogP contribution in [-0.2, 0) is 27.2 Å². The Morgan fingerprint density at radius 1 is 1.06 bits per heavy atom. The smallest absolute Gasteiger partial charge is 0.412 e. The number of rotatable bonds is 10. The van der Waals surface area contributed by atoms with Crippen molar-refractivity contribution >= 4 is 17.9 Å². The van der Waals surface area contributed by atoms with E-state index in [2.05, 4.69) is 5.32 Å². The third-order valence-corrected chi connectivity index (χ3v) is 8.86. The standard InChI is InChI=1S/C35H47N3O10/c1-6-46-29-15-22(32(41)38-25-8-7-9-26(38)20-45-19-25)11-13-28(29)31(40)36-17-30(39)35(43)16-23-10-12-27(47-21-44-5)14-24(23)18-37(35)33(42)48-34(2,3)4/h10-15,25-26,30,39,43H,6-9,16-21H2,1-5H3,(H,36,40)/t25?,26?,30-,35+/m1/s1. The van der Waals surface area contributed by atoms with Gasteiger partial charge in [-0.1, -0.05) is 6.07 Å². The van der Waals surface area contributed by atoms with Gasteiger partial charge < -0.3 is 44.1 Å². The molecule has 0 aliphatic carbocycles. The summed E-state index contributed by atoms with van der Waals surface area (Å²) in [5.74, 6) is 0.0311. The van der Waals surface area contributed by atoms with Gasteiger partial charge in [0, 0.05) is 25.6 Å². The van der Waals surface area contributed by atoms with Crippen LogP contribution in [0.15, 0.2) is 36.4 Å². The van der Waals surface area contributed by atoms with E-state index in [4.69, 9.17) is 23.7 Å². The van der Waals surface area contributed by atoms with Gasteiger partial charge in [0.15, 0.2) is 12.5 Å². The summed E-state index contributed by atoms with van der Waals surface area (Å²) in [5, 5.41) is 26.0. The first-order valence-corrected chi connectivity index (χ1v) is 16.4. The summed E-state index contributed by atoms with van der Waals surface area (Å²) < 4.78 is 27.6. The van der Waals surface area contributed by atoms with E-state index in [1.165, 1.54) is 13.2 Å². The molecule has 0 spiro atoms. The minimum absolute atomic E-state index is 0.0221. The topological polar surface area (TPSA) is 156 Å². The number of aliphatic hydroxyl groups is 2. The highest BCUT2D eigenvalue weighted by Gasteiger charge is 2.49. The van der Waals surface area contributed by atoms with Gasteiger partial charge in [-0.25, -0.2) is 4.79 Å². The number of carbonyl (C=O) groups excluding carboxylic acids is 3. The summed E-state index contributed by atoms with van der Waals surface area (Å²) in [7, 11) is 1.51. The fourth-order valence-corrected chi connectivity index (χ4v) is 6.54. The molecule has 2 saturated heterocycles. The molecule has 3 N–H and O–H groups in total. The summed E-state index contributed by atoms with van der Waals surface area (Å²) in [4.78, 5) is 43.4. The molecule has 2 aromatic rings. The number of hydrogen-bond donors (Lipinski definition) is 3. The number of aliphatic hydroxyl groups excluding tert-OH is 1. The lowest BCUT2D eigenvalue weighted by Gasteiger charge is -2.46. The van der Waals surface area contributed by atoms with Crippen LogP contribution in [0.2, 0.25) is 0 Å². The summed E-state index contributed by atoms with van der Waals surface area (Å²) in [6.07, 6.45) is 0.261. The van der Waals surface area contributed by atoms with E-state index in [-0.39, 0.29) is 55.7 Å². The molecular formula is C35H47N3O10. The number of nitrogens with zero attached hydrogens (tertiary/aromatic N) is 2. The molecule has 3 aliphatic heterocycles. The lowest BCUT2D eigenvalue weighted by atomic mass is 9.87. The molecule has 48 heavy (non-hydrogen) atoms. The van der Waals surface area contributed by atoms with Gasteiger partial charge in [0.1, 0.15) is 23.2 Å². The van der Waals surface area contributed by atoms with Gasteiger partial charge in [0.05, 0.1) is 44.0 Å². The van der Waals surface area contributed by atoms with Crippen molar-refractivity contribution in [3.05, 3.63) is 58.7 Å². The molecule has 3 amide bonds. The van der Waals surface area contributed by atoms with E-state index < -0.39 is 36.0 Å². The fourth-order valence-electron chi connectivity index (χ4n) is 6.54. The van der Waals surface area contributed by atoms with Gasteiger partial charge in [0.25, 0.3) is 11.8 Å². The number of hydrogen-bond acceptors (Lipinski definition) is 10. The molecule has 2 aromatic carbocycles. The van der Waals surface area contributed by atoms with E-state index in [1.54, 1.807) is 58.0 Å². The van der Waals surface area contributed by atoms with Gasteiger partial charge in [-0.3, -0.25) is 14.5 Å². The first-order valence-electron chi connectivity index (χ1n) is 16.4. The Bertz CT molecular complexity index is 1470. The van der Waals surface area contributed by atoms with Crippen molar-refractivity contribution in [1.82, 2.24) is 15.1 Å². The van der Waals surface area contributed by atoms with Crippen molar-refractivity contribution in [1.29, 1.82) is 0 Å². The second-order valence-corrected chi connectivity index (χ2v) is 13.5. The van der Waals surface area contributed by atoms with E-state index in [1.807, 2.05) is 4.90 Å². The van der Waals surface area contributed by atoms with E-state index >= 15 is 0 Å². The lowest BCUT2D eigenvalue weighted by Crippen LogP contribution is -2.64. The first-order chi connectivity index (χ1) is 22.8. The Labute approximate surface area is 281 Å². The van der Waals surface area contributed by atoms with Crippen LogP contribution < -0.4 is 14.8 Å². The zero-order valence-corrected chi connectivity index (χ0v) is 28.3. The van der Waals surface area contributed by atoms with Gasteiger partial charge in [-0.2, -0.15) is 0 Å². The first kappa shape index (κ1) is 35.4. The van der Waals surface area contributed by atoms with Crippen molar-refractivity contribution in [2.75, 3.05) is 40.3 Å². The van der Waals surface area contributed by atoms with Crippen LogP contribution in [0.5, 0.6) is 11.5 Å². The van der Waals surface area contributed by atoms with Gasteiger partial charge >= 0.3 is 6.09 Å². The van der Waals surface area contributed by atoms with Crippen LogP contribution in [0.3, 0.4) is 0 Å². The van der Waals surface area contributed by atoms with Crippen molar-refractivity contribution in [2.24, 2.45) is 0 Å². The predicted molar refractivity (Wildman–Crippen MR) is 174 cm³/mol. The van der Waals surface area contributed by atoms with Crippen LogP contribution in [0.25, 0.3) is 0 Å². The summed E-state index contributed by atoms with van der Waals surface area (Å²) in [5.41, 5.74) is -1.02. The summed E-state index contributed by atoms with van der Waals surface area (Å²) in [6.45, 7) is 7.73. The van der Waals surface area contributed by atoms with E-state index in [0.29, 0.717) is 35.7 Å². The highest BCUT2D eigenvalue weighted by Crippen LogP contribution is 2.35. The number of morpholine rings is 1. The van der Waals surface area contributed by atoms with Gasteiger partial charge in [-0.05, 0) is 88.4 Å². The lowest BCUT2D eigenvalue weighted by molar-refractivity contribution is -0.177.